The molecule has 0 aromatic heterocycles. The zero-order chi connectivity index (χ0) is 15.2. The molecule has 1 aliphatic rings. The van der Waals surface area contributed by atoms with E-state index in [9.17, 15) is 8.78 Å². The number of nitrogens with one attached hydrogen (secondary N) is 1. The van der Waals surface area contributed by atoms with Gasteiger partial charge in [0.15, 0.2) is 5.96 Å². The highest BCUT2D eigenvalue weighted by atomic mass is 32.2. The van der Waals surface area contributed by atoms with E-state index < -0.39 is 11.6 Å². The lowest BCUT2D eigenvalue weighted by Gasteiger charge is -2.34. The minimum Gasteiger partial charge on any atom is -0.352 e. The number of thioether (sulfide) groups is 1. The van der Waals surface area contributed by atoms with Crippen LogP contribution in [0.1, 0.15) is 18.9 Å². The van der Waals surface area contributed by atoms with Gasteiger partial charge in [-0.1, -0.05) is 6.92 Å². The van der Waals surface area contributed by atoms with E-state index in [1.807, 2.05) is 11.8 Å². The number of guanidine groups is 1. The van der Waals surface area contributed by atoms with Gasteiger partial charge in [-0.3, -0.25) is 4.99 Å². The Morgan fingerprint density at radius 2 is 2.29 bits per heavy atom. The highest BCUT2D eigenvalue weighted by Gasteiger charge is 2.21. The SMILES string of the molecule is CCC1CN(C(=NC)NCc2cc(F)ccc2F)CCS1. The van der Waals surface area contributed by atoms with Crippen LogP contribution in [-0.4, -0.2) is 42.0 Å². The van der Waals surface area contributed by atoms with Crippen LogP contribution in [0.15, 0.2) is 23.2 Å². The maximum atomic E-state index is 13.6. The molecule has 0 spiro atoms. The van der Waals surface area contributed by atoms with E-state index >= 15 is 0 Å². The van der Waals surface area contributed by atoms with Crippen LogP contribution >= 0.6 is 11.8 Å². The van der Waals surface area contributed by atoms with Crippen LogP contribution in [0.3, 0.4) is 0 Å². The van der Waals surface area contributed by atoms with Crippen molar-refractivity contribution in [1.29, 1.82) is 0 Å². The number of hydrogen-bond donors (Lipinski definition) is 1. The van der Waals surface area contributed by atoms with Gasteiger partial charge >= 0.3 is 0 Å². The molecule has 1 unspecified atom stereocenters. The van der Waals surface area contributed by atoms with Gasteiger partial charge in [0.2, 0.25) is 0 Å². The number of halogens is 2. The number of hydrogen-bond acceptors (Lipinski definition) is 2. The zero-order valence-corrected chi connectivity index (χ0v) is 13.2. The minimum absolute atomic E-state index is 0.233. The highest BCUT2D eigenvalue weighted by molar-refractivity contribution is 8.00. The van der Waals surface area contributed by atoms with Crippen molar-refractivity contribution in [2.24, 2.45) is 4.99 Å². The molecule has 116 valence electrons. The largest absolute Gasteiger partial charge is 0.352 e. The lowest BCUT2D eigenvalue weighted by atomic mass is 10.2. The van der Waals surface area contributed by atoms with Crippen molar-refractivity contribution < 1.29 is 8.78 Å². The van der Waals surface area contributed by atoms with E-state index in [0.29, 0.717) is 10.8 Å². The van der Waals surface area contributed by atoms with E-state index in [4.69, 9.17) is 0 Å². The van der Waals surface area contributed by atoms with Crippen LogP contribution in [0.2, 0.25) is 0 Å². The summed E-state index contributed by atoms with van der Waals surface area (Å²) in [7, 11) is 1.72. The third kappa shape index (κ3) is 4.33. The molecule has 0 radical (unpaired) electrons. The Bertz CT molecular complexity index is 508. The van der Waals surface area contributed by atoms with Gasteiger partial charge in [-0.25, -0.2) is 8.78 Å². The fourth-order valence-electron chi connectivity index (χ4n) is 2.34. The molecule has 1 saturated heterocycles. The molecule has 21 heavy (non-hydrogen) atoms. The standard InChI is InChI=1S/C15H21F2N3S/c1-3-13-10-20(6-7-21-13)15(18-2)19-9-11-8-12(16)4-5-14(11)17/h4-5,8,13H,3,6-7,9-10H2,1-2H3,(H,18,19). The molecule has 1 N–H and O–H groups in total. The van der Waals surface area contributed by atoms with E-state index in [-0.39, 0.29) is 6.54 Å². The average Bonchev–Trinajstić information content (AvgIpc) is 2.51. The summed E-state index contributed by atoms with van der Waals surface area (Å²) in [5, 5.41) is 3.73. The molecule has 1 aromatic carbocycles. The molecule has 0 saturated carbocycles. The second-order valence-corrected chi connectivity index (χ2v) is 6.39. The summed E-state index contributed by atoms with van der Waals surface area (Å²) in [5.74, 6) is 0.981. The summed E-state index contributed by atoms with van der Waals surface area (Å²) in [6.07, 6.45) is 1.12. The summed E-state index contributed by atoms with van der Waals surface area (Å²) in [6, 6.07) is 3.50. The Balaban J connectivity index is 1.98. The number of nitrogens with zero attached hydrogens (tertiary/aromatic N) is 2. The molecule has 2 rings (SSSR count). The Kier molecular flexibility index (Phi) is 5.85. The van der Waals surface area contributed by atoms with Gasteiger partial charge in [-0.15, -0.1) is 0 Å². The van der Waals surface area contributed by atoms with Crippen LogP contribution < -0.4 is 5.32 Å². The first-order chi connectivity index (χ1) is 10.1. The van der Waals surface area contributed by atoms with Crippen molar-refractivity contribution >= 4 is 17.7 Å². The van der Waals surface area contributed by atoms with Crippen molar-refractivity contribution in [1.82, 2.24) is 10.2 Å². The topological polar surface area (TPSA) is 27.6 Å². The first-order valence-corrected chi connectivity index (χ1v) is 8.20. The third-order valence-corrected chi connectivity index (χ3v) is 4.92. The Morgan fingerprint density at radius 1 is 1.48 bits per heavy atom. The Morgan fingerprint density at radius 3 is 3.00 bits per heavy atom. The second kappa shape index (κ2) is 7.64. The molecule has 1 aliphatic heterocycles. The number of rotatable bonds is 3. The van der Waals surface area contributed by atoms with Crippen molar-refractivity contribution in [3.05, 3.63) is 35.4 Å². The van der Waals surface area contributed by atoms with Gasteiger partial charge in [0, 0.05) is 43.2 Å². The van der Waals surface area contributed by atoms with Crippen LogP contribution in [0, 0.1) is 11.6 Å². The van der Waals surface area contributed by atoms with Crippen molar-refractivity contribution in [2.75, 3.05) is 25.9 Å². The van der Waals surface area contributed by atoms with E-state index in [1.165, 1.54) is 6.07 Å². The molecular weight excluding hydrogens is 292 g/mol. The third-order valence-electron chi connectivity index (χ3n) is 3.55. The molecule has 0 amide bonds. The predicted molar refractivity (Wildman–Crippen MR) is 84.7 cm³/mol. The van der Waals surface area contributed by atoms with Crippen LogP contribution in [0.5, 0.6) is 0 Å². The monoisotopic (exact) mass is 313 g/mol. The van der Waals surface area contributed by atoms with E-state index in [2.05, 4.69) is 22.1 Å². The van der Waals surface area contributed by atoms with Gasteiger partial charge in [-0.2, -0.15) is 11.8 Å². The molecular formula is C15H21F2N3S. The van der Waals surface area contributed by atoms with Crippen molar-refractivity contribution in [3.8, 4) is 0 Å². The molecule has 1 atom stereocenters. The molecule has 0 bridgehead atoms. The lowest BCUT2D eigenvalue weighted by molar-refractivity contribution is 0.407. The van der Waals surface area contributed by atoms with E-state index in [1.54, 1.807) is 7.05 Å². The van der Waals surface area contributed by atoms with Gasteiger partial charge in [0.1, 0.15) is 11.6 Å². The van der Waals surface area contributed by atoms with Crippen molar-refractivity contribution in [3.63, 3.8) is 0 Å². The molecule has 0 aliphatic carbocycles. The van der Waals surface area contributed by atoms with Crippen LogP contribution in [-0.2, 0) is 6.54 Å². The molecule has 1 aromatic rings. The van der Waals surface area contributed by atoms with Gasteiger partial charge < -0.3 is 10.2 Å². The van der Waals surface area contributed by atoms with Gasteiger partial charge in [0.25, 0.3) is 0 Å². The first kappa shape index (κ1) is 16.1. The summed E-state index contributed by atoms with van der Waals surface area (Å²) in [6.45, 7) is 4.27. The highest BCUT2D eigenvalue weighted by Crippen LogP contribution is 2.21. The average molecular weight is 313 g/mol. The molecule has 1 fully saturated rings. The van der Waals surface area contributed by atoms with Gasteiger partial charge in [-0.05, 0) is 24.6 Å². The summed E-state index contributed by atoms with van der Waals surface area (Å²) in [5.41, 5.74) is 0.314. The zero-order valence-electron chi connectivity index (χ0n) is 12.4. The maximum absolute atomic E-state index is 13.6. The number of aliphatic imine (C=N–C) groups is 1. The van der Waals surface area contributed by atoms with E-state index in [0.717, 1.165) is 43.4 Å². The summed E-state index contributed by atoms with van der Waals surface area (Å²) < 4.78 is 26.8. The predicted octanol–water partition coefficient (Wildman–Crippen LogP) is 2.87. The van der Waals surface area contributed by atoms with Crippen molar-refractivity contribution in [2.45, 2.75) is 25.1 Å². The molecule has 3 nitrogen and oxygen atoms in total. The lowest BCUT2D eigenvalue weighted by Crippen LogP contribution is -2.47. The molecule has 1 heterocycles. The quantitative estimate of drug-likeness (QED) is 0.687. The minimum atomic E-state index is -0.427. The van der Waals surface area contributed by atoms with Gasteiger partial charge in [0.05, 0.1) is 0 Å². The number of benzene rings is 1. The fraction of sp³-hybridized carbons (Fsp3) is 0.533. The molecule has 6 heteroatoms. The smallest absolute Gasteiger partial charge is 0.193 e. The summed E-state index contributed by atoms with van der Waals surface area (Å²) >= 11 is 1.98. The fourth-order valence-corrected chi connectivity index (χ4v) is 3.52. The summed E-state index contributed by atoms with van der Waals surface area (Å²) in [4.78, 5) is 6.44. The first-order valence-electron chi connectivity index (χ1n) is 7.15. The Labute approximate surface area is 128 Å². The van der Waals surface area contributed by atoms with Crippen LogP contribution in [0.25, 0.3) is 0 Å². The maximum Gasteiger partial charge on any atom is 0.193 e. The normalized spacial score (nSPS) is 19.7. The van der Waals surface area contributed by atoms with Crippen LogP contribution in [0.4, 0.5) is 8.78 Å². The second-order valence-electron chi connectivity index (χ2n) is 4.98. The Hall–Kier alpha value is -1.30.